The Morgan fingerprint density at radius 3 is 2.70 bits per heavy atom. The summed E-state index contributed by atoms with van der Waals surface area (Å²) in [7, 11) is -3.48. The van der Waals surface area contributed by atoms with Crippen LogP contribution >= 0.6 is 38.6 Å². The van der Waals surface area contributed by atoms with Gasteiger partial charge in [0.1, 0.15) is 0 Å². The first-order chi connectivity index (χ1) is 9.44. The van der Waals surface area contributed by atoms with Crippen molar-refractivity contribution in [3.05, 3.63) is 37.1 Å². The number of thiophene rings is 2. The molecule has 0 aliphatic rings. The number of rotatable bonds is 6. The Labute approximate surface area is 136 Å². The van der Waals surface area contributed by atoms with Crippen molar-refractivity contribution >= 4 is 48.6 Å². The van der Waals surface area contributed by atoms with Gasteiger partial charge in [-0.1, -0.05) is 19.4 Å². The molecule has 0 saturated carbocycles. The molecule has 3 nitrogen and oxygen atoms in total. The summed E-state index contributed by atoms with van der Waals surface area (Å²) in [6.45, 7) is 3.88. The monoisotopic (exact) mass is 393 g/mol. The highest BCUT2D eigenvalue weighted by Gasteiger charge is 2.24. The second-order valence-electron chi connectivity index (χ2n) is 4.45. The lowest BCUT2D eigenvalue weighted by Crippen LogP contribution is -2.28. The fourth-order valence-corrected chi connectivity index (χ4v) is 6.54. The maximum Gasteiger partial charge on any atom is 0.242 e. The van der Waals surface area contributed by atoms with Crippen LogP contribution in [0.1, 0.15) is 35.6 Å². The minimum atomic E-state index is -3.48. The molecule has 2 heterocycles. The van der Waals surface area contributed by atoms with E-state index < -0.39 is 10.0 Å². The number of aryl methyl sites for hydroxylation is 1. The molecule has 0 saturated heterocycles. The maximum atomic E-state index is 12.5. The number of sulfonamides is 1. The highest BCUT2D eigenvalue weighted by molar-refractivity contribution is 9.11. The summed E-state index contributed by atoms with van der Waals surface area (Å²) in [6, 6.07) is 5.44. The Balaban J connectivity index is 2.28. The number of hydrogen-bond donors (Lipinski definition) is 1. The molecule has 20 heavy (non-hydrogen) atoms. The summed E-state index contributed by atoms with van der Waals surface area (Å²) < 4.78 is 28.7. The van der Waals surface area contributed by atoms with Crippen LogP contribution in [-0.4, -0.2) is 8.42 Å². The largest absolute Gasteiger partial charge is 0.242 e. The Morgan fingerprint density at radius 1 is 1.45 bits per heavy atom. The van der Waals surface area contributed by atoms with Gasteiger partial charge in [-0.3, -0.25) is 0 Å². The SMILES string of the molecule is CCCC(NS(=O)(=O)c1cc(Br)sc1C)c1cccs1. The normalized spacial score (nSPS) is 13.6. The summed E-state index contributed by atoms with van der Waals surface area (Å²) >= 11 is 6.36. The number of nitrogens with one attached hydrogen (secondary N) is 1. The van der Waals surface area contributed by atoms with Crippen LogP contribution < -0.4 is 4.72 Å². The van der Waals surface area contributed by atoms with E-state index in [1.54, 1.807) is 17.4 Å². The minimum absolute atomic E-state index is 0.150. The van der Waals surface area contributed by atoms with Crippen LogP contribution in [0.5, 0.6) is 0 Å². The molecule has 1 unspecified atom stereocenters. The van der Waals surface area contributed by atoms with Crippen molar-refractivity contribution < 1.29 is 8.42 Å². The van der Waals surface area contributed by atoms with Crippen molar-refractivity contribution in [3.63, 3.8) is 0 Å². The predicted octanol–water partition coefficient (Wildman–Crippen LogP) is 4.70. The molecule has 2 rings (SSSR count). The smallest absolute Gasteiger partial charge is 0.207 e. The topological polar surface area (TPSA) is 46.2 Å². The van der Waals surface area contributed by atoms with E-state index in [2.05, 4.69) is 27.6 Å². The van der Waals surface area contributed by atoms with Gasteiger partial charge >= 0.3 is 0 Å². The van der Waals surface area contributed by atoms with E-state index in [0.29, 0.717) is 4.90 Å². The van der Waals surface area contributed by atoms with Gasteiger partial charge in [0.05, 0.1) is 14.7 Å². The van der Waals surface area contributed by atoms with Gasteiger partial charge in [-0.2, -0.15) is 0 Å². The third kappa shape index (κ3) is 3.71. The molecule has 0 radical (unpaired) electrons. The van der Waals surface area contributed by atoms with E-state index in [1.165, 1.54) is 11.3 Å². The average Bonchev–Trinajstić information content (AvgIpc) is 2.98. The van der Waals surface area contributed by atoms with Gasteiger partial charge in [0.25, 0.3) is 0 Å². The molecule has 0 fully saturated rings. The van der Waals surface area contributed by atoms with E-state index in [4.69, 9.17) is 0 Å². The lowest BCUT2D eigenvalue weighted by molar-refractivity contribution is 0.540. The Hall–Kier alpha value is -0.210. The zero-order valence-electron chi connectivity index (χ0n) is 11.2. The molecule has 1 N–H and O–H groups in total. The highest BCUT2D eigenvalue weighted by atomic mass is 79.9. The van der Waals surface area contributed by atoms with Crippen molar-refractivity contribution in [1.29, 1.82) is 0 Å². The van der Waals surface area contributed by atoms with Crippen LogP contribution in [0.25, 0.3) is 0 Å². The van der Waals surface area contributed by atoms with Crippen molar-refractivity contribution in [2.45, 2.75) is 37.6 Å². The Kier molecular flexibility index (Phi) is 5.42. The minimum Gasteiger partial charge on any atom is -0.207 e. The fraction of sp³-hybridized carbons (Fsp3) is 0.385. The summed E-state index contributed by atoms with van der Waals surface area (Å²) in [6.07, 6.45) is 1.72. The second-order valence-corrected chi connectivity index (χ2v) is 9.75. The van der Waals surface area contributed by atoms with E-state index in [-0.39, 0.29) is 6.04 Å². The highest BCUT2D eigenvalue weighted by Crippen LogP contribution is 2.31. The van der Waals surface area contributed by atoms with E-state index in [0.717, 1.165) is 26.4 Å². The standard InChI is InChI=1S/C13H16BrNO2S3/c1-3-5-10(11-6-4-7-18-11)15-20(16,17)12-8-13(14)19-9(12)2/h4,6-8,10,15H,3,5H2,1-2H3. The predicted molar refractivity (Wildman–Crippen MR) is 89.0 cm³/mol. The van der Waals surface area contributed by atoms with Gasteiger partial charge in [0.15, 0.2) is 0 Å². The molecule has 0 amide bonds. The van der Waals surface area contributed by atoms with Gasteiger partial charge in [-0.25, -0.2) is 13.1 Å². The zero-order valence-corrected chi connectivity index (χ0v) is 15.3. The van der Waals surface area contributed by atoms with Gasteiger partial charge in [-0.15, -0.1) is 22.7 Å². The van der Waals surface area contributed by atoms with Gasteiger partial charge in [0, 0.05) is 9.75 Å². The van der Waals surface area contributed by atoms with Gasteiger partial charge in [0.2, 0.25) is 10.0 Å². The summed E-state index contributed by atoms with van der Waals surface area (Å²) in [5.74, 6) is 0. The van der Waals surface area contributed by atoms with Gasteiger partial charge in [-0.05, 0) is 46.8 Å². The first-order valence-electron chi connectivity index (χ1n) is 6.25. The van der Waals surface area contributed by atoms with Crippen molar-refractivity contribution in [1.82, 2.24) is 4.72 Å². The van der Waals surface area contributed by atoms with Crippen LogP contribution in [0, 0.1) is 6.92 Å². The molecular formula is C13H16BrNO2S3. The third-order valence-electron chi connectivity index (χ3n) is 2.89. The third-order valence-corrected chi connectivity index (χ3v) is 7.16. The maximum absolute atomic E-state index is 12.5. The first-order valence-corrected chi connectivity index (χ1v) is 10.2. The number of halogens is 1. The first kappa shape index (κ1) is 16.2. The quantitative estimate of drug-likeness (QED) is 0.772. The molecule has 0 aromatic carbocycles. The lowest BCUT2D eigenvalue weighted by atomic mass is 10.1. The molecular weight excluding hydrogens is 378 g/mol. The molecule has 7 heteroatoms. The fourth-order valence-electron chi connectivity index (χ4n) is 1.99. The molecule has 0 spiro atoms. The van der Waals surface area contributed by atoms with Crippen molar-refractivity contribution in [3.8, 4) is 0 Å². The molecule has 0 aliphatic carbocycles. The zero-order chi connectivity index (χ0) is 14.8. The van der Waals surface area contributed by atoms with Crippen LogP contribution in [0.2, 0.25) is 0 Å². The summed E-state index contributed by atoms with van der Waals surface area (Å²) in [4.78, 5) is 2.22. The molecule has 0 aliphatic heterocycles. The molecule has 0 bridgehead atoms. The summed E-state index contributed by atoms with van der Waals surface area (Å²) in [5.41, 5.74) is 0. The van der Waals surface area contributed by atoms with E-state index >= 15 is 0 Å². The van der Waals surface area contributed by atoms with Crippen LogP contribution in [0.4, 0.5) is 0 Å². The Bertz CT molecular complexity index is 662. The van der Waals surface area contributed by atoms with Crippen LogP contribution in [0.15, 0.2) is 32.3 Å². The molecule has 1 atom stereocenters. The molecule has 2 aromatic rings. The lowest BCUT2D eigenvalue weighted by Gasteiger charge is -2.16. The van der Waals surface area contributed by atoms with Crippen molar-refractivity contribution in [2.75, 3.05) is 0 Å². The summed E-state index contributed by atoms with van der Waals surface area (Å²) in [5, 5.41) is 1.97. The van der Waals surface area contributed by atoms with Crippen LogP contribution in [-0.2, 0) is 10.0 Å². The Morgan fingerprint density at radius 2 is 2.20 bits per heavy atom. The van der Waals surface area contributed by atoms with E-state index in [1.807, 2.05) is 24.4 Å². The van der Waals surface area contributed by atoms with E-state index in [9.17, 15) is 8.42 Å². The number of hydrogen-bond acceptors (Lipinski definition) is 4. The van der Waals surface area contributed by atoms with Crippen LogP contribution in [0.3, 0.4) is 0 Å². The van der Waals surface area contributed by atoms with Gasteiger partial charge < -0.3 is 0 Å². The molecule has 2 aromatic heterocycles. The van der Waals surface area contributed by atoms with Crippen molar-refractivity contribution in [2.24, 2.45) is 0 Å². The molecule has 110 valence electrons. The average molecular weight is 394 g/mol. The second kappa shape index (κ2) is 6.70.